The predicted molar refractivity (Wildman–Crippen MR) is 182 cm³/mol. The highest BCUT2D eigenvalue weighted by atomic mass is 19.1. The third kappa shape index (κ3) is 6.48. The molecule has 5 aromatic heterocycles. The Morgan fingerprint density at radius 1 is 0.894 bits per heavy atom. The van der Waals surface area contributed by atoms with E-state index in [-0.39, 0.29) is 5.82 Å². The summed E-state index contributed by atoms with van der Waals surface area (Å²) in [5.41, 5.74) is 8.39. The summed E-state index contributed by atoms with van der Waals surface area (Å²) in [6.07, 6.45) is 15.2. The normalized spacial score (nSPS) is 15.8. The van der Waals surface area contributed by atoms with Crippen LogP contribution in [-0.2, 0) is 6.54 Å². The number of aromatic nitrogens is 6. The molecule has 8 rings (SSSR count). The zero-order chi connectivity index (χ0) is 31.6. The molecule has 47 heavy (non-hydrogen) atoms. The first kappa shape index (κ1) is 29.7. The average Bonchev–Trinajstić information content (AvgIpc) is 3.91. The maximum Gasteiger partial charge on any atom is 0.135 e. The zero-order valence-electron chi connectivity index (χ0n) is 26.4. The lowest BCUT2D eigenvalue weighted by atomic mass is 10.0. The second-order valence-electron chi connectivity index (χ2n) is 12.9. The number of nitrogens with zero attached hydrogens (tertiary/aromatic N) is 5. The van der Waals surface area contributed by atoms with Crippen LogP contribution in [0.1, 0.15) is 44.1 Å². The number of hydrogen-bond donors (Lipinski definition) is 3. The number of aromatic amines is 2. The van der Waals surface area contributed by atoms with Gasteiger partial charge in [0.1, 0.15) is 29.4 Å². The van der Waals surface area contributed by atoms with Crippen molar-refractivity contribution in [2.24, 2.45) is 5.92 Å². The molecule has 1 aliphatic heterocycles. The molecule has 2 fully saturated rings. The van der Waals surface area contributed by atoms with Crippen LogP contribution in [0.3, 0.4) is 0 Å². The van der Waals surface area contributed by atoms with E-state index in [1.54, 1.807) is 12.4 Å². The zero-order valence-corrected chi connectivity index (χ0v) is 26.4. The third-order valence-electron chi connectivity index (χ3n) is 9.59. The van der Waals surface area contributed by atoms with Gasteiger partial charge in [-0.1, -0.05) is 12.8 Å². The van der Waals surface area contributed by atoms with E-state index in [4.69, 9.17) is 9.72 Å². The molecule has 1 saturated heterocycles. The summed E-state index contributed by atoms with van der Waals surface area (Å²) in [6, 6.07) is 13.1. The largest absolute Gasteiger partial charge is 0.492 e. The Kier molecular flexibility index (Phi) is 8.35. The highest BCUT2D eigenvalue weighted by molar-refractivity contribution is 6.00. The summed E-state index contributed by atoms with van der Waals surface area (Å²) in [7, 11) is 0. The van der Waals surface area contributed by atoms with Crippen molar-refractivity contribution in [3.63, 3.8) is 0 Å². The number of halogens is 1. The van der Waals surface area contributed by atoms with E-state index in [0.29, 0.717) is 23.6 Å². The molecular weight excluding hydrogens is 591 g/mol. The molecule has 9 nitrogen and oxygen atoms in total. The minimum Gasteiger partial charge on any atom is -0.492 e. The number of pyridine rings is 3. The SMILES string of the molecule is Fc1cc(OCCN2CCCC2)cc(-c2cncc3[nH]c(-c4n[nH]c5ccc(-c6cncc(CNCC7CCCC7)c6)nc45)cc23)c1. The van der Waals surface area contributed by atoms with Gasteiger partial charge in [-0.15, -0.1) is 0 Å². The Bertz CT molecular complexity index is 2010. The summed E-state index contributed by atoms with van der Waals surface area (Å²) in [4.78, 5) is 19.9. The minimum absolute atomic E-state index is 0.343. The van der Waals surface area contributed by atoms with Crippen molar-refractivity contribution < 1.29 is 9.13 Å². The molecule has 2 aliphatic rings. The van der Waals surface area contributed by atoms with Crippen molar-refractivity contribution in [2.45, 2.75) is 45.1 Å². The van der Waals surface area contributed by atoms with Gasteiger partial charge >= 0.3 is 0 Å². The van der Waals surface area contributed by atoms with Gasteiger partial charge in [-0.3, -0.25) is 20.0 Å². The first-order valence-corrected chi connectivity index (χ1v) is 16.8. The summed E-state index contributed by atoms with van der Waals surface area (Å²) in [5.74, 6) is 0.968. The molecule has 1 saturated carbocycles. The number of fused-ring (bicyclic) bond motifs is 2. The molecule has 240 valence electrons. The summed E-state index contributed by atoms with van der Waals surface area (Å²) < 4.78 is 20.8. The van der Waals surface area contributed by atoms with Gasteiger partial charge in [0, 0.05) is 54.3 Å². The highest BCUT2D eigenvalue weighted by Gasteiger charge is 2.18. The molecule has 1 aromatic carbocycles. The summed E-state index contributed by atoms with van der Waals surface area (Å²) in [5, 5.41) is 12.3. The van der Waals surface area contributed by atoms with Crippen LogP contribution in [0.15, 0.2) is 67.3 Å². The van der Waals surface area contributed by atoms with Gasteiger partial charge in [-0.25, -0.2) is 9.37 Å². The van der Waals surface area contributed by atoms with Crippen molar-refractivity contribution in [3.05, 3.63) is 78.6 Å². The van der Waals surface area contributed by atoms with Crippen molar-refractivity contribution in [1.82, 2.24) is 40.3 Å². The topological polar surface area (TPSA) is 108 Å². The van der Waals surface area contributed by atoms with Crippen LogP contribution in [-0.4, -0.2) is 67.8 Å². The Hall–Kier alpha value is -4.67. The fourth-order valence-electron chi connectivity index (χ4n) is 7.12. The maximum atomic E-state index is 14.8. The number of H-pyrrole nitrogens is 2. The van der Waals surface area contributed by atoms with Crippen LogP contribution in [0.4, 0.5) is 4.39 Å². The van der Waals surface area contributed by atoms with Gasteiger partial charge < -0.3 is 15.0 Å². The second-order valence-corrected chi connectivity index (χ2v) is 12.9. The van der Waals surface area contributed by atoms with Gasteiger partial charge in [-0.2, -0.15) is 5.10 Å². The third-order valence-corrected chi connectivity index (χ3v) is 9.59. The molecule has 10 heteroatoms. The number of benzene rings is 1. The minimum atomic E-state index is -0.343. The molecule has 0 atom stereocenters. The monoisotopic (exact) mass is 630 g/mol. The molecule has 1 aliphatic carbocycles. The number of nitrogens with one attached hydrogen (secondary N) is 3. The molecule has 6 aromatic rings. The Morgan fingerprint density at radius 3 is 2.66 bits per heavy atom. The van der Waals surface area contributed by atoms with E-state index < -0.39 is 0 Å². The molecule has 0 amide bonds. The van der Waals surface area contributed by atoms with Crippen LogP contribution in [0.2, 0.25) is 0 Å². The lowest BCUT2D eigenvalue weighted by Gasteiger charge is -2.15. The van der Waals surface area contributed by atoms with Gasteiger partial charge in [0.15, 0.2) is 0 Å². The maximum absolute atomic E-state index is 14.8. The molecule has 0 unspecified atom stereocenters. The van der Waals surface area contributed by atoms with Gasteiger partial charge in [0.05, 0.1) is 28.6 Å². The van der Waals surface area contributed by atoms with E-state index in [1.807, 2.05) is 36.7 Å². The lowest BCUT2D eigenvalue weighted by molar-refractivity contribution is 0.237. The van der Waals surface area contributed by atoms with Crippen LogP contribution in [0, 0.1) is 11.7 Å². The fourth-order valence-corrected chi connectivity index (χ4v) is 7.12. The van der Waals surface area contributed by atoms with Crippen LogP contribution >= 0.6 is 0 Å². The van der Waals surface area contributed by atoms with Crippen molar-refractivity contribution >= 4 is 21.9 Å². The van der Waals surface area contributed by atoms with E-state index in [9.17, 15) is 4.39 Å². The van der Waals surface area contributed by atoms with Crippen LogP contribution in [0.5, 0.6) is 5.75 Å². The molecule has 0 bridgehead atoms. The van der Waals surface area contributed by atoms with Gasteiger partial charge in [0.25, 0.3) is 0 Å². The highest BCUT2D eigenvalue weighted by Crippen LogP contribution is 2.35. The number of likely N-dealkylation sites (tertiary alicyclic amines) is 1. The number of hydrogen-bond acceptors (Lipinski definition) is 7. The van der Waals surface area contributed by atoms with Crippen molar-refractivity contribution in [3.8, 4) is 39.5 Å². The molecule has 0 radical (unpaired) electrons. The van der Waals surface area contributed by atoms with Crippen LogP contribution in [0.25, 0.3) is 55.7 Å². The standard InChI is InChI=1S/C37H39FN8O/c38-28-14-26(15-29(16-28)47-12-11-46-9-3-4-10-46)31-22-41-23-35-30(31)17-34(42-35)37-36-33(44-45-37)8-7-32(43-36)27-13-25(20-40-21-27)19-39-18-24-5-1-2-6-24/h7-8,13-17,20-24,39,42H,1-6,9-12,18-19H2,(H,44,45). The fraction of sp³-hybridized carbons (Fsp3) is 0.351. The van der Waals surface area contributed by atoms with Gasteiger partial charge in [0.2, 0.25) is 0 Å². The van der Waals surface area contributed by atoms with E-state index in [2.05, 4.69) is 41.4 Å². The Morgan fingerprint density at radius 2 is 1.77 bits per heavy atom. The molecule has 6 heterocycles. The lowest BCUT2D eigenvalue weighted by Crippen LogP contribution is -2.25. The number of ether oxygens (including phenoxy) is 1. The van der Waals surface area contributed by atoms with Crippen molar-refractivity contribution in [2.75, 3.05) is 32.8 Å². The summed E-state index contributed by atoms with van der Waals surface area (Å²) in [6.45, 7) is 5.42. The Balaban J connectivity index is 1.05. The second kappa shape index (κ2) is 13.2. The first-order chi connectivity index (χ1) is 23.2. The van der Waals surface area contributed by atoms with E-state index >= 15 is 0 Å². The molecular formula is C37H39FN8O. The van der Waals surface area contributed by atoms with Crippen molar-refractivity contribution in [1.29, 1.82) is 0 Å². The quantitative estimate of drug-likeness (QED) is 0.140. The average molecular weight is 631 g/mol. The van der Waals surface area contributed by atoms with E-state index in [0.717, 1.165) is 88.7 Å². The van der Waals surface area contributed by atoms with Crippen LogP contribution < -0.4 is 10.1 Å². The summed E-state index contributed by atoms with van der Waals surface area (Å²) >= 11 is 0. The predicted octanol–water partition coefficient (Wildman–Crippen LogP) is 7.12. The van der Waals surface area contributed by atoms with Gasteiger partial charge in [-0.05, 0) is 98.8 Å². The Labute approximate surface area is 273 Å². The molecule has 3 N–H and O–H groups in total. The number of rotatable bonds is 11. The first-order valence-electron chi connectivity index (χ1n) is 16.8. The smallest absolute Gasteiger partial charge is 0.135 e. The van der Waals surface area contributed by atoms with E-state index in [1.165, 1.54) is 50.7 Å². The molecule has 0 spiro atoms.